The molecule has 3 aliphatic rings. The topological polar surface area (TPSA) is 23.8 Å². The third kappa shape index (κ3) is 5.50. The van der Waals surface area contributed by atoms with Crippen molar-refractivity contribution in [2.75, 3.05) is 0 Å². The molecule has 0 aliphatic heterocycles. The van der Waals surface area contributed by atoms with Gasteiger partial charge in [-0.25, -0.2) is 8.78 Å². The number of hydrogen-bond acceptors (Lipinski definition) is 1. The Kier molecular flexibility index (Phi) is 7.68. The van der Waals surface area contributed by atoms with Crippen LogP contribution < -0.4 is 0 Å². The summed E-state index contributed by atoms with van der Waals surface area (Å²) in [6, 6.07) is 4.46. The monoisotopic (exact) mass is 427 g/mol. The number of fused-ring (bicyclic) bond motifs is 1. The van der Waals surface area contributed by atoms with Gasteiger partial charge in [-0.05, 0) is 85.3 Å². The molecular formula is C28H39F2N. The van der Waals surface area contributed by atoms with E-state index in [1.54, 1.807) is 6.07 Å². The maximum atomic E-state index is 14.1. The van der Waals surface area contributed by atoms with Crippen LogP contribution in [-0.4, -0.2) is 0 Å². The van der Waals surface area contributed by atoms with E-state index in [1.807, 2.05) is 0 Å². The maximum Gasteiger partial charge on any atom is 0.144 e. The van der Waals surface area contributed by atoms with Crippen LogP contribution in [0.5, 0.6) is 0 Å². The average Bonchev–Trinajstić information content (AvgIpc) is 2.78. The molecule has 170 valence electrons. The summed E-state index contributed by atoms with van der Waals surface area (Å²) >= 11 is 0. The Morgan fingerprint density at radius 3 is 1.97 bits per heavy atom. The molecule has 0 radical (unpaired) electrons. The van der Waals surface area contributed by atoms with Crippen molar-refractivity contribution in [2.24, 2.45) is 29.6 Å². The molecule has 0 aromatic heterocycles. The van der Waals surface area contributed by atoms with Crippen molar-refractivity contribution in [3.63, 3.8) is 0 Å². The zero-order valence-corrected chi connectivity index (χ0v) is 19.2. The summed E-state index contributed by atoms with van der Waals surface area (Å²) < 4.78 is 28.2. The van der Waals surface area contributed by atoms with Crippen LogP contribution >= 0.6 is 0 Å². The van der Waals surface area contributed by atoms with Gasteiger partial charge in [0, 0.05) is 0 Å². The lowest BCUT2D eigenvalue weighted by molar-refractivity contribution is 0.108. The molecule has 1 aromatic rings. The van der Waals surface area contributed by atoms with Crippen LogP contribution in [0.3, 0.4) is 0 Å². The summed E-state index contributed by atoms with van der Waals surface area (Å²) in [4.78, 5) is 0. The summed E-state index contributed by atoms with van der Waals surface area (Å²) in [7, 11) is 0. The molecular weight excluding hydrogens is 388 g/mol. The van der Waals surface area contributed by atoms with E-state index >= 15 is 0 Å². The third-order valence-corrected chi connectivity index (χ3v) is 9.02. The van der Waals surface area contributed by atoms with E-state index in [2.05, 4.69) is 6.92 Å². The van der Waals surface area contributed by atoms with Crippen LogP contribution in [0.15, 0.2) is 12.1 Å². The molecule has 0 amide bonds. The second kappa shape index (κ2) is 10.5. The number of halogens is 2. The van der Waals surface area contributed by atoms with E-state index in [4.69, 9.17) is 5.26 Å². The minimum Gasteiger partial charge on any atom is -0.205 e. The van der Waals surface area contributed by atoms with E-state index in [0.29, 0.717) is 5.92 Å². The fraction of sp³-hybridized carbons (Fsp3) is 0.750. The summed E-state index contributed by atoms with van der Waals surface area (Å²) in [6.07, 6.45) is 18.8. The van der Waals surface area contributed by atoms with Gasteiger partial charge in [-0.2, -0.15) is 5.26 Å². The van der Waals surface area contributed by atoms with Gasteiger partial charge < -0.3 is 0 Å². The fourth-order valence-corrected chi connectivity index (χ4v) is 7.18. The molecule has 4 atom stereocenters. The van der Waals surface area contributed by atoms with Gasteiger partial charge in [0.05, 0.1) is 0 Å². The van der Waals surface area contributed by atoms with Gasteiger partial charge in [-0.1, -0.05) is 64.7 Å². The summed E-state index contributed by atoms with van der Waals surface area (Å²) in [5.74, 6) is 3.24. The van der Waals surface area contributed by atoms with E-state index in [-0.39, 0.29) is 5.92 Å². The third-order valence-electron chi connectivity index (χ3n) is 9.02. The Morgan fingerprint density at radius 2 is 1.32 bits per heavy atom. The molecule has 3 fully saturated rings. The summed E-state index contributed by atoms with van der Waals surface area (Å²) in [5.41, 5.74) is 0.310. The predicted molar refractivity (Wildman–Crippen MR) is 122 cm³/mol. The smallest absolute Gasteiger partial charge is 0.144 e. The van der Waals surface area contributed by atoms with Crippen LogP contribution in [-0.2, 0) is 0 Å². The minimum atomic E-state index is -0.702. The molecule has 1 aromatic carbocycles. The number of rotatable bonds is 6. The normalized spacial score (nSPS) is 33.5. The highest BCUT2D eigenvalue weighted by atomic mass is 19.1. The van der Waals surface area contributed by atoms with Gasteiger partial charge >= 0.3 is 0 Å². The highest BCUT2D eigenvalue weighted by Gasteiger charge is 2.36. The van der Waals surface area contributed by atoms with Gasteiger partial charge in [-0.15, -0.1) is 0 Å². The van der Waals surface area contributed by atoms with Gasteiger partial charge in [0.25, 0.3) is 0 Å². The van der Waals surface area contributed by atoms with Crippen molar-refractivity contribution in [1.82, 2.24) is 0 Å². The highest BCUT2D eigenvalue weighted by molar-refractivity contribution is 5.36. The molecule has 4 unspecified atom stereocenters. The second-order valence-corrected chi connectivity index (χ2v) is 10.9. The van der Waals surface area contributed by atoms with E-state index in [1.165, 1.54) is 89.2 Å². The van der Waals surface area contributed by atoms with Crippen LogP contribution in [0, 0.1) is 52.6 Å². The van der Waals surface area contributed by atoms with Crippen molar-refractivity contribution >= 4 is 0 Å². The SMILES string of the molecule is CCCC1CCC(CCC2CCC3CC(c4cc(F)c(C#N)c(F)c4)CCC3C2)CC1. The predicted octanol–water partition coefficient (Wildman–Crippen LogP) is 8.52. The molecule has 0 heterocycles. The molecule has 4 rings (SSSR count). The van der Waals surface area contributed by atoms with Crippen LogP contribution in [0.25, 0.3) is 0 Å². The van der Waals surface area contributed by atoms with Gasteiger partial charge in [-0.3, -0.25) is 0 Å². The Labute approximate surface area is 187 Å². The van der Waals surface area contributed by atoms with Crippen molar-refractivity contribution in [2.45, 2.75) is 103 Å². The Balaban J connectivity index is 1.24. The van der Waals surface area contributed by atoms with Gasteiger partial charge in [0.1, 0.15) is 23.3 Å². The average molecular weight is 428 g/mol. The van der Waals surface area contributed by atoms with Gasteiger partial charge in [0.2, 0.25) is 0 Å². The molecule has 0 N–H and O–H groups in total. The van der Waals surface area contributed by atoms with E-state index in [0.717, 1.165) is 42.1 Å². The molecule has 0 spiro atoms. The lowest BCUT2D eigenvalue weighted by Crippen LogP contribution is -2.30. The lowest BCUT2D eigenvalue weighted by Gasteiger charge is -2.43. The lowest BCUT2D eigenvalue weighted by atomic mass is 9.63. The molecule has 3 saturated carbocycles. The first-order valence-corrected chi connectivity index (χ1v) is 13.0. The Bertz CT molecular complexity index is 751. The van der Waals surface area contributed by atoms with Gasteiger partial charge in [0.15, 0.2) is 0 Å². The van der Waals surface area contributed by atoms with Crippen molar-refractivity contribution < 1.29 is 8.78 Å². The molecule has 31 heavy (non-hydrogen) atoms. The molecule has 0 bridgehead atoms. The van der Waals surface area contributed by atoms with Crippen LogP contribution in [0.2, 0.25) is 0 Å². The Morgan fingerprint density at radius 1 is 0.774 bits per heavy atom. The zero-order chi connectivity index (χ0) is 21.8. The molecule has 3 heteroatoms. The quantitative estimate of drug-likeness (QED) is 0.446. The van der Waals surface area contributed by atoms with E-state index in [9.17, 15) is 8.78 Å². The zero-order valence-electron chi connectivity index (χ0n) is 19.2. The first-order chi connectivity index (χ1) is 15.1. The number of nitriles is 1. The molecule has 1 nitrogen and oxygen atoms in total. The number of benzene rings is 1. The van der Waals surface area contributed by atoms with Crippen LogP contribution in [0.1, 0.15) is 114 Å². The van der Waals surface area contributed by atoms with Crippen molar-refractivity contribution in [3.8, 4) is 6.07 Å². The van der Waals surface area contributed by atoms with Crippen LogP contribution in [0.4, 0.5) is 8.78 Å². The largest absolute Gasteiger partial charge is 0.205 e. The number of hydrogen-bond donors (Lipinski definition) is 0. The van der Waals surface area contributed by atoms with Crippen molar-refractivity contribution in [3.05, 3.63) is 34.9 Å². The second-order valence-electron chi connectivity index (χ2n) is 10.9. The van der Waals surface area contributed by atoms with Crippen molar-refractivity contribution in [1.29, 1.82) is 5.26 Å². The first kappa shape index (κ1) is 22.8. The maximum absolute atomic E-state index is 14.1. The number of nitrogens with zero attached hydrogens (tertiary/aromatic N) is 1. The molecule has 3 aliphatic carbocycles. The summed E-state index contributed by atoms with van der Waals surface area (Å²) in [5, 5.41) is 8.91. The van der Waals surface area contributed by atoms with E-state index < -0.39 is 17.2 Å². The minimum absolute atomic E-state index is 0.243. The standard InChI is InChI=1S/C28H39F2N/c1-2-3-19-4-6-20(7-5-19)8-9-21-10-11-23-15-24(13-12-22(23)14-21)25-16-27(29)26(18-31)28(30)17-25/h16-17,19-24H,2-15H2,1H3. The fourth-order valence-electron chi connectivity index (χ4n) is 7.18. The highest BCUT2D eigenvalue weighted by Crippen LogP contribution is 2.49. The first-order valence-electron chi connectivity index (χ1n) is 13.0. The molecule has 0 saturated heterocycles. The Hall–Kier alpha value is -1.43. The summed E-state index contributed by atoms with van der Waals surface area (Å²) in [6.45, 7) is 2.32.